The standard InChI is InChI=1S/C23H16F3N3O2/c24-23(25,26)17-5-3-4-15(12-17)13-27-21(30)16-8-10-18(11-9-16)29-14-28-20-7-2-1-6-19(20)22(29)31/h1-12,14H,13H2,(H,27,30). The maximum absolute atomic E-state index is 12.8. The van der Waals surface area contributed by atoms with E-state index in [2.05, 4.69) is 10.3 Å². The average molecular weight is 423 g/mol. The molecule has 156 valence electrons. The summed E-state index contributed by atoms with van der Waals surface area (Å²) in [5.41, 5.74) is 0.795. The Morgan fingerprint density at radius 1 is 0.968 bits per heavy atom. The fraction of sp³-hybridized carbons (Fsp3) is 0.0870. The molecule has 1 N–H and O–H groups in total. The molecule has 1 heterocycles. The number of carbonyl (C=O) groups is 1. The van der Waals surface area contributed by atoms with Gasteiger partial charge in [-0.1, -0.05) is 24.3 Å². The Hall–Kier alpha value is -3.94. The van der Waals surface area contributed by atoms with Crippen molar-refractivity contribution in [3.05, 3.63) is 106 Å². The maximum atomic E-state index is 12.8. The van der Waals surface area contributed by atoms with Gasteiger partial charge >= 0.3 is 6.18 Å². The quantitative estimate of drug-likeness (QED) is 0.531. The van der Waals surface area contributed by atoms with Crippen molar-refractivity contribution in [1.82, 2.24) is 14.9 Å². The van der Waals surface area contributed by atoms with Gasteiger partial charge in [0.1, 0.15) is 6.33 Å². The smallest absolute Gasteiger partial charge is 0.348 e. The van der Waals surface area contributed by atoms with Crippen LogP contribution in [0.4, 0.5) is 13.2 Å². The first-order valence-electron chi connectivity index (χ1n) is 9.34. The number of fused-ring (bicyclic) bond motifs is 1. The number of nitrogens with zero attached hydrogens (tertiary/aromatic N) is 2. The van der Waals surface area contributed by atoms with E-state index >= 15 is 0 Å². The minimum atomic E-state index is -4.44. The van der Waals surface area contributed by atoms with Gasteiger partial charge < -0.3 is 5.32 Å². The third kappa shape index (κ3) is 4.32. The number of nitrogens with one attached hydrogen (secondary N) is 1. The Kier molecular flexibility index (Phi) is 5.29. The number of amides is 1. The highest BCUT2D eigenvalue weighted by Gasteiger charge is 2.30. The molecule has 4 aromatic rings. The van der Waals surface area contributed by atoms with Crippen molar-refractivity contribution in [2.75, 3.05) is 0 Å². The van der Waals surface area contributed by atoms with Crippen LogP contribution in [0.1, 0.15) is 21.5 Å². The van der Waals surface area contributed by atoms with E-state index in [9.17, 15) is 22.8 Å². The number of para-hydroxylation sites is 1. The molecule has 0 saturated carbocycles. The second-order valence-electron chi connectivity index (χ2n) is 6.86. The van der Waals surface area contributed by atoms with E-state index in [0.29, 0.717) is 27.7 Å². The van der Waals surface area contributed by atoms with Crippen molar-refractivity contribution < 1.29 is 18.0 Å². The molecule has 0 radical (unpaired) electrons. The average Bonchev–Trinajstić information content (AvgIpc) is 2.78. The summed E-state index contributed by atoms with van der Waals surface area (Å²) in [7, 11) is 0. The monoisotopic (exact) mass is 423 g/mol. The molecular weight excluding hydrogens is 407 g/mol. The van der Waals surface area contributed by atoms with Crippen molar-refractivity contribution in [1.29, 1.82) is 0 Å². The van der Waals surface area contributed by atoms with Crippen LogP contribution in [-0.2, 0) is 12.7 Å². The molecule has 0 bridgehead atoms. The lowest BCUT2D eigenvalue weighted by molar-refractivity contribution is -0.137. The summed E-state index contributed by atoms with van der Waals surface area (Å²) in [6, 6.07) is 18.1. The summed E-state index contributed by atoms with van der Waals surface area (Å²) >= 11 is 0. The molecule has 4 rings (SSSR count). The van der Waals surface area contributed by atoms with Crippen LogP contribution < -0.4 is 10.9 Å². The van der Waals surface area contributed by atoms with Crippen molar-refractivity contribution in [3.63, 3.8) is 0 Å². The number of hydrogen-bond acceptors (Lipinski definition) is 3. The van der Waals surface area contributed by atoms with Gasteiger partial charge in [-0.2, -0.15) is 13.2 Å². The first-order valence-corrected chi connectivity index (χ1v) is 9.34. The largest absolute Gasteiger partial charge is 0.416 e. The number of halogens is 3. The van der Waals surface area contributed by atoms with Crippen LogP contribution in [0.15, 0.2) is 83.9 Å². The molecule has 0 spiro atoms. The number of carbonyl (C=O) groups excluding carboxylic acids is 1. The van der Waals surface area contributed by atoms with Gasteiger partial charge in [-0.25, -0.2) is 4.98 Å². The van der Waals surface area contributed by atoms with Crippen LogP contribution in [0.25, 0.3) is 16.6 Å². The van der Waals surface area contributed by atoms with Gasteiger partial charge in [-0.15, -0.1) is 0 Å². The highest BCUT2D eigenvalue weighted by atomic mass is 19.4. The third-order valence-corrected chi connectivity index (χ3v) is 4.78. The summed E-state index contributed by atoms with van der Waals surface area (Å²) in [4.78, 5) is 29.3. The van der Waals surface area contributed by atoms with Crippen LogP contribution in [0.2, 0.25) is 0 Å². The fourth-order valence-corrected chi connectivity index (χ4v) is 3.17. The molecule has 0 saturated heterocycles. The molecule has 0 aliphatic carbocycles. The van der Waals surface area contributed by atoms with Gasteiger partial charge in [0, 0.05) is 12.1 Å². The zero-order chi connectivity index (χ0) is 22.0. The first kappa shape index (κ1) is 20.3. The molecule has 5 nitrogen and oxygen atoms in total. The lowest BCUT2D eigenvalue weighted by Gasteiger charge is -2.10. The van der Waals surface area contributed by atoms with Crippen molar-refractivity contribution in [2.24, 2.45) is 0 Å². The van der Waals surface area contributed by atoms with Crippen molar-refractivity contribution in [3.8, 4) is 5.69 Å². The van der Waals surface area contributed by atoms with Gasteiger partial charge in [0.2, 0.25) is 0 Å². The third-order valence-electron chi connectivity index (χ3n) is 4.78. The molecule has 0 atom stereocenters. The molecule has 31 heavy (non-hydrogen) atoms. The van der Waals surface area contributed by atoms with Crippen LogP contribution in [-0.4, -0.2) is 15.5 Å². The molecule has 0 aliphatic rings. The second-order valence-corrected chi connectivity index (χ2v) is 6.86. The Morgan fingerprint density at radius 2 is 1.71 bits per heavy atom. The highest BCUT2D eigenvalue weighted by molar-refractivity contribution is 5.94. The van der Waals surface area contributed by atoms with Crippen LogP contribution in [0, 0.1) is 0 Å². The van der Waals surface area contributed by atoms with E-state index in [1.165, 1.54) is 23.0 Å². The molecule has 8 heteroatoms. The highest BCUT2D eigenvalue weighted by Crippen LogP contribution is 2.29. The fourth-order valence-electron chi connectivity index (χ4n) is 3.17. The normalized spacial score (nSPS) is 11.5. The van der Waals surface area contributed by atoms with Crippen LogP contribution in [0.5, 0.6) is 0 Å². The van der Waals surface area contributed by atoms with Crippen molar-refractivity contribution >= 4 is 16.8 Å². The second kappa shape index (κ2) is 8.06. The lowest BCUT2D eigenvalue weighted by Crippen LogP contribution is -2.23. The zero-order valence-corrected chi connectivity index (χ0v) is 16.1. The molecule has 3 aromatic carbocycles. The van der Waals surface area contributed by atoms with E-state index in [-0.39, 0.29) is 12.1 Å². The predicted molar refractivity (Wildman–Crippen MR) is 110 cm³/mol. The Morgan fingerprint density at radius 3 is 2.45 bits per heavy atom. The SMILES string of the molecule is O=C(NCc1cccc(C(F)(F)F)c1)c1ccc(-n2cnc3ccccc3c2=O)cc1. The summed E-state index contributed by atoms with van der Waals surface area (Å²) in [5.74, 6) is -0.437. The number of rotatable bonds is 4. The van der Waals surface area contributed by atoms with Gasteiger partial charge in [0.05, 0.1) is 22.2 Å². The summed E-state index contributed by atoms with van der Waals surface area (Å²) in [5, 5.41) is 3.08. The summed E-state index contributed by atoms with van der Waals surface area (Å²) in [6.45, 7) is -0.0431. The Bertz CT molecular complexity index is 1310. The zero-order valence-electron chi connectivity index (χ0n) is 16.1. The van der Waals surface area contributed by atoms with Crippen LogP contribution >= 0.6 is 0 Å². The number of benzene rings is 3. The molecule has 0 unspecified atom stereocenters. The topological polar surface area (TPSA) is 64.0 Å². The summed E-state index contributed by atoms with van der Waals surface area (Å²) < 4.78 is 39.8. The molecule has 1 amide bonds. The Labute approximate surface area is 174 Å². The minimum absolute atomic E-state index is 0.0431. The van der Waals surface area contributed by atoms with E-state index in [1.807, 2.05) is 0 Å². The van der Waals surface area contributed by atoms with Gasteiger partial charge in [-0.05, 0) is 54.1 Å². The van der Waals surface area contributed by atoms with Gasteiger partial charge in [0.25, 0.3) is 11.5 Å². The number of hydrogen-bond donors (Lipinski definition) is 1. The first-order chi connectivity index (χ1) is 14.8. The summed E-state index contributed by atoms with van der Waals surface area (Å²) in [6.07, 6.45) is -3.01. The van der Waals surface area contributed by atoms with E-state index in [4.69, 9.17) is 0 Å². The molecule has 0 fully saturated rings. The lowest BCUT2D eigenvalue weighted by atomic mass is 10.1. The Balaban J connectivity index is 1.49. The number of aromatic nitrogens is 2. The van der Waals surface area contributed by atoms with E-state index in [0.717, 1.165) is 12.1 Å². The minimum Gasteiger partial charge on any atom is -0.348 e. The molecule has 1 aromatic heterocycles. The van der Waals surface area contributed by atoms with E-state index in [1.54, 1.807) is 48.5 Å². The maximum Gasteiger partial charge on any atom is 0.416 e. The van der Waals surface area contributed by atoms with Gasteiger partial charge in [0.15, 0.2) is 0 Å². The number of alkyl halides is 3. The van der Waals surface area contributed by atoms with Crippen LogP contribution in [0.3, 0.4) is 0 Å². The molecule has 0 aliphatic heterocycles. The van der Waals surface area contributed by atoms with Crippen molar-refractivity contribution in [2.45, 2.75) is 12.7 Å². The van der Waals surface area contributed by atoms with Gasteiger partial charge in [-0.3, -0.25) is 14.2 Å². The molecular formula is C23H16F3N3O2. The van der Waals surface area contributed by atoms with E-state index < -0.39 is 17.6 Å². The predicted octanol–water partition coefficient (Wildman–Crippen LogP) is 4.33.